The van der Waals surface area contributed by atoms with E-state index in [-0.39, 0.29) is 18.1 Å². The van der Waals surface area contributed by atoms with Gasteiger partial charge in [-0.25, -0.2) is 4.98 Å². The molecule has 6 heteroatoms. The van der Waals surface area contributed by atoms with E-state index in [9.17, 15) is 4.79 Å². The summed E-state index contributed by atoms with van der Waals surface area (Å²) in [6, 6.07) is 1.94. The van der Waals surface area contributed by atoms with E-state index >= 15 is 0 Å². The Labute approximate surface area is 120 Å². The van der Waals surface area contributed by atoms with E-state index in [1.807, 2.05) is 34.6 Å². The molecule has 2 N–H and O–H groups in total. The molecule has 1 amide bonds. The van der Waals surface area contributed by atoms with E-state index in [1.54, 1.807) is 6.07 Å². The third-order valence-corrected chi connectivity index (χ3v) is 2.27. The molecule has 6 nitrogen and oxygen atoms in total. The van der Waals surface area contributed by atoms with E-state index in [4.69, 9.17) is 4.74 Å². The number of hydrogen-bond acceptors (Lipinski definition) is 5. The summed E-state index contributed by atoms with van der Waals surface area (Å²) in [7, 11) is 0. The van der Waals surface area contributed by atoms with Crippen LogP contribution in [0.15, 0.2) is 6.07 Å². The number of carbonyl (C=O) groups excluding carboxylic acids is 1. The molecule has 0 aromatic carbocycles. The predicted octanol–water partition coefficient (Wildman–Crippen LogP) is 1.90. The lowest BCUT2D eigenvalue weighted by molar-refractivity contribution is -0.121. The van der Waals surface area contributed by atoms with Crippen LogP contribution in [-0.2, 0) is 4.79 Å². The molecule has 1 aromatic heterocycles. The van der Waals surface area contributed by atoms with Crippen LogP contribution in [0.25, 0.3) is 0 Å². The van der Waals surface area contributed by atoms with Crippen LogP contribution in [0, 0.1) is 6.92 Å². The first-order chi connectivity index (χ1) is 9.36. The molecule has 0 spiro atoms. The van der Waals surface area contributed by atoms with Crippen LogP contribution in [0.5, 0.6) is 5.88 Å². The first-order valence-corrected chi connectivity index (χ1v) is 6.92. The van der Waals surface area contributed by atoms with Gasteiger partial charge in [-0.3, -0.25) is 4.79 Å². The molecule has 0 bridgehead atoms. The number of nitrogens with one attached hydrogen (secondary N) is 2. The van der Waals surface area contributed by atoms with Crippen LogP contribution in [0.2, 0.25) is 0 Å². The van der Waals surface area contributed by atoms with Crippen LogP contribution in [0.4, 0.5) is 5.95 Å². The number of aromatic nitrogens is 2. The largest absolute Gasteiger partial charge is 0.475 e. The zero-order chi connectivity index (χ0) is 15.1. The van der Waals surface area contributed by atoms with Gasteiger partial charge >= 0.3 is 0 Å². The monoisotopic (exact) mass is 280 g/mol. The van der Waals surface area contributed by atoms with Crippen molar-refractivity contribution in [3.63, 3.8) is 0 Å². The number of carbonyl (C=O) groups is 1. The molecule has 0 aliphatic carbocycles. The van der Waals surface area contributed by atoms with Crippen molar-refractivity contribution in [1.29, 1.82) is 0 Å². The van der Waals surface area contributed by atoms with Gasteiger partial charge in [0, 0.05) is 30.8 Å². The summed E-state index contributed by atoms with van der Waals surface area (Å²) in [6.45, 7) is 10.1. The molecule has 1 heterocycles. The fourth-order valence-electron chi connectivity index (χ4n) is 1.60. The molecule has 0 saturated heterocycles. The maximum atomic E-state index is 11.5. The number of nitrogens with zero attached hydrogens (tertiary/aromatic N) is 2. The Hall–Kier alpha value is -1.85. The van der Waals surface area contributed by atoms with E-state index < -0.39 is 0 Å². The lowest BCUT2D eigenvalue weighted by atomic mass is 10.3. The van der Waals surface area contributed by atoms with Crippen LogP contribution in [-0.4, -0.2) is 34.6 Å². The number of hydrogen-bond donors (Lipinski definition) is 2. The second kappa shape index (κ2) is 7.67. The number of amides is 1. The third-order valence-electron chi connectivity index (χ3n) is 2.27. The molecule has 1 rings (SSSR count). The number of aryl methyl sites for hydroxylation is 1. The first kappa shape index (κ1) is 16.2. The molecule has 112 valence electrons. The van der Waals surface area contributed by atoms with Crippen LogP contribution in [0.3, 0.4) is 0 Å². The van der Waals surface area contributed by atoms with Crippen LogP contribution in [0.1, 0.15) is 39.8 Å². The van der Waals surface area contributed by atoms with Gasteiger partial charge in [0.2, 0.25) is 17.7 Å². The highest BCUT2D eigenvalue weighted by Gasteiger charge is 2.06. The highest BCUT2D eigenvalue weighted by molar-refractivity contribution is 5.76. The van der Waals surface area contributed by atoms with Gasteiger partial charge < -0.3 is 15.4 Å². The van der Waals surface area contributed by atoms with Crippen molar-refractivity contribution in [3.05, 3.63) is 11.8 Å². The van der Waals surface area contributed by atoms with Crippen LogP contribution < -0.4 is 15.4 Å². The van der Waals surface area contributed by atoms with Gasteiger partial charge in [0.1, 0.15) is 0 Å². The van der Waals surface area contributed by atoms with Crippen molar-refractivity contribution in [2.75, 3.05) is 11.9 Å². The summed E-state index contributed by atoms with van der Waals surface area (Å²) in [4.78, 5) is 20.0. The predicted molar refractivity (Wildman–Crippen MR) is 78.9 cm³/mol. The Morgan fingerprint density at radius 3 is 2.60 bits per heavy atom. The summed E-state index contributed by atoms with van der Waals surface area (Å²) in [5.74, 6) is 1.04. The quantitative estimate of drug-likeness (QED) is 0.797. The van der Waals surface area contributed by atoms with Gasteiger partial charge in [0.05, 0.1) is 6.10 Å². The van der Waals surface area contributed by atoms with Gasteiger partial charge in [0.25, 0.3) is 0 Å². The lowest BCUT2D eigenvalue weighted by Crippen LogP contribution is -2.31. The zero-order valence-corrected chi connectivity index (χ0v) is 12.9. The summed E-state index contributed by atoms with van der Waals surface area (Å²) in [6.07, 6.45) is 0.449. The van der Waals surface area contributed by atoms with Gasteiger partial charge in [-0.1, -0.05) is 0 Å². The normalized spacial score (nSPS) is 10.8. The standard InChI is InChI=1S/C14H24N4O2/c1-9(2)16-12(19)6-7-15-14-17-11(5)8-13(18-14)20-10(3)4/h8-10H,6-7H2,1-5H3,(H,16,19)(H,15,17,18). The first-order valence-electron chi connectivity index (χ1n) is 6.92. The fraction of sp³-hybridized carbons (Fsp3) is 0.643. The van der Waals surface area contributed by atoms with Gasteiger partial charge in [-0.15, -0.1) is 0 Å². The number of rotatable bonds is 7. The molecule has 0 aliphatic rings. The molecular formula is C14H24N4O2. The van der Waals surface area contributed by atoms with Crippen molar-refractivity contribution in [2.24, 2.45) is 0 Å². The van der Waals surface area contributed by atoms with Crippen molar-refractivity contribution in [3.8, 4) is 5.88 Å². The summed E-state index contributed by atoms with van der Waals surface area (Å²) in [5, 5.41) is 5.87. The van der Waals surface area contributed by atoms with E-state index in [0.717, 1.165) is 5.69 Å². The van der Waals surface area contributed by atoms with Crippen molar-refractivity contribution < 1.29 is 9.53 Å². The summed E-state index contributed by atoms with van der Waals surface area (Å²) < 4.78 is 5.55. The molecule has 1 aromatic rings. The Morgan fingerprint density at radius 1 is 1.30 bits per heavy atom. The summed E-state index contributed by atoms with van der Waals surface area (Å²) in [5.41, 5.74) is 0.824. The maximum absolute atomic E-state index is 11.5. The Kier molecular flexibility index (Phi) is 6.21. The Bertz CT molecular complexity index is 447. The maximum Gasteiger partial charge on any atom is 0.226 e. The third kappa shape index (κ3) is 6.36. The molecule has 0 aliphatic heterocycles. The summed E-state index contributed by atoms with van der Waals surface area (Å²) >= 11 is 0. The molecule has 0 atom stereocenters. The molecule has 0 saturated carbocycles. The topological polar surface area (TPSA) is 76.1 Å². The van der Waals surface area contributed by atoms with Crippen molar-refractivity contribution in [2.45, 2.75) is 53.2 Å². The minimum absolute atomic E-state index is 0.0128. The van der Waals surface area contributed by atoms with E-state index in [2.05, 4.69) is 20.6 Å². The van der Waals surface area contributed by atoms with Gasteiger partial charge in [0.15, 0.2) is 0 Å². The average molecular weight is 280 g/mol. The average Bonchev–Trinajstić information content (AvgIpc) is 2.25. The van der Waals surface area contributed by atoms with Crippen LogP contribution >= 0.6 is 0 Å². The molecule has 0 fully saturated rings. The van der Waals surface area contributed by atoms with Gasteiger partial charge in [-0.2, -0.15) is 4.98 Å². The van der Waals surface area contributed by atoms with Crippen molar-refractivity contribution >= 4 is 11.9 Å². The number of anilines is 1. The molecular weight excluding hydrogens is 256 g/mol. The molecule has 20 heavy (non-hydrogen) atoms. The fourth-order valence-corrected chi connectivity index (χ4v) is 1.60. The molecule has 0 radical (unpaired) electrons. The Morgan fingerprint density at radius 2 is 2.00 bits per heavy atom. The second-order valence-electron chi connectivity index (χ2n) is 5.24. The highest BCUT2D eigenvalue weighted by atomic mass is 16.5. The van der Waals surface area contributed by atoms with E-state index in [0.29, 0.717) is 24.8 Å². The van der Waals surface area contributed by atoms with E-state index in [1.165, 1.54) is 0 Å². The van der Waals surface area contributed by atoms with Gasteiger partial charge in [-0.05, 0) is 34.6 Å². The Balaban J connectivity index is 2.51. The SMILES string of the molecule is Cc1cc(OC(C)C)nc(NCCC(=O)NC(C)C)n1. The minimum Gasteiger partial charge on any atom is -0.475 e. The highest BCUT2D eigenvalue weighted by Crippen LogP contribution is 2.13. The minimum atomic E-state index is 0.0128. The number of ether oxygens (including phenoxy) is 1. The lowest BCUT2D eigenvalue weighted by Gasteiger charge is -2.12. The van der Waals surface area contributed by atoms with Crippen molar-refractivity contribution in [1.82, 2.24) is 15.3 Å². The smallest absolute Gasteiger partial charge is 0.226 e. The zero-order valence-electron chi connectivity index (χ0n) is 12.9. The molecule has 0 unspecified atom stereocenters. The second-order valence-corrected chi connectivity index (χ2v) is 5.24.